The highest BCUT2D eigenvalue weighted by molar-refractivity contribution is 7.92. The first-order valence-corrected chi connectivity index (χ1v) is 12.2. The van der Waals surface area contributed by atoms with Gasteiger partial charge >= 0.3 is 0 Å². The molecule has 1 heterocycles. The molecule has 0 unspecified atom stereocenters. The van der Waals surface area contributed by atoms with Gasteiger partial charge in [0.15, 0.2) is 9.84 Å². The van der Waals surface area contributed by atoms with Crippen molar-refractivity contribution in [2.75, 3.05) is 5.75 Å². The molecule has 27 heavy (non-hydrogen) atoms. The molecule has 0 saturated heterocycles. The maximum Gasteiger partial charge on any atom is 0.155 e. The van der Waals surface area contributed by atoms with Gasteiger partial charge in [0.05, 0.1) is 10.5 Å². The van der Waals surface area contributed by atoms with Crippen molar-refractivity contribution in [1.82, 2.24) is 4.98 Å². The van der Waals surface area contributed by atoms with Crippen LogP contribution in [0.5, 0.6) is 0 Å². The molecule has 2 aromatic rings. The van der Waals surface area contributed by atoms with Crippen molar-refractivity contribution in [3.63, 3.8) is 0 Å². The summed E-state index contributed by atoms with van der Waals surface area (Å²) in [6.07, 6.45) is 11.7. The molecule has 4 heteroatoms. The van der Waals surface area contributed by atoms with Gasteiger partial charge < -0.3 is 4.98 Å². The number of sulfone groups is 1. The first kappa shape index (κ1) is 20.4. The van der Waals surface area contributed by atoms with E-state index in [-0.39, 0.29) is 0 Å². The summed E-state index contributed by atoms with van der Waals surface area (Å²) in [5.74, 6) is 1.54. The second-order valence-corrected chi connectivity index (χ2v) is 12.2. The third-order valence-electron chi connectivity index (χ3n) is 6.34. The van der Waals surface area contributed by atoms with Crippen molar-refractivity contribution in [3.05, 3.63) is 36.0 Å². The van der Waals surface area contributed by atoms with Gasteiger partial charge in [-0.05, 0) is 69.9 Å². The van der Waals surface area contributed by atoms with Crippen LogP contribution in [0.15, 0.2) is 30.5 Å². The summed E-state index contributed by atoms with van der Waals surface area (Å²) in [4.78, 5) is 3.36. The number of benzene rings is 1. The van der Waals surface area contributed by atoms with Crippen LogP contribution in [0.25, 0.3) is 10.9 Å². The van der Waals surface area contributed by atoms with Gasteiger partial charge in [-0.25, -0.2) is 8.42 Å². The van der Waals surface area contributed by atoms with Crippen molar-refractivity contribution < 1.29 is 8.42 Å². The van der Waals surface area contributed by atoms with E-state index >= 15 is 0 Å². The Morgan fingerprint density at radius 1 is 1.00 bits per heavy atom. The molecule has 0 spiro atoms. The molecule has 1 aliphatic carbocycles. The van der Waals surface area contributed by atoms with E-state index in [2.05, 4.69) is 35.4 Å². The lowest BCUT2D eigenvalue weighted by atomic mass is 9.80. The van der Waals surface area contributed by atoms with Crippen LogP contribution >= 0.6 is 0 Å². The van der Waals surface area contributed by atoms with Crippen LogP contribution in [-0.2, 0) is 16.3 Å². The molecule has 0 amide bonds. The van der Waals surface area contributed by atoms with E-state index in [4.69, 9.17) is 0 Å². The summed E-state index contributed by atoms with van der Waals surface area (Å²) in [6.45, 7) is 5.46. The van der Waals surface area contributed by atoms with Crippen molar-refractivity contribution >= 4 is 20.7 Å². The van der Waals surface area contributed by atoms with Crippen molar-refractivity contribution in [2.45, 2.75) is 76.9 Å². The third kappa shape index (κ3) is 5.16. The molecule has 1 aliphatic rings. The fourth-order valence-corrected chi connectivity index (χ4v) is 5.79. The average Bonchev–Trinajstić information content (AvgIpc) is 3.02. The third-order valence-corrected chi connectivity index (χ3v) is 9.11. The lowest BCUT2D eigenvalue weighted by Gasteiger charge is -2.30. The van der Waals surface area contributed by atoms with Crippen molar-refractivity contribution in [2.24, 2.45) is 11.8 Å². The normalized spacial score (nSPS) is 21.6. The smallest absolute Gasteiger partial charge is 0.155 e. The summed E-state index contributed by atoms with van der Waals surface area (Å²) >= 11 is 0. The number of hydrogen-bond donors (Lipinski definition) is 1. The Bertz CT molecular complexity index is 837. The zero-order chi connectivity index (χ0) is 19.5. The minimum Gasteiger partial charge on any atom is -0.361 e. The number of aryl methyl sites for hydroxylation is 1. The van der Waals surface area contributed by atoms with E-state index in [0.29, 0.717) is 11.7 Å². The standard InChI is InChI=1S/C23H35NO2S/c1-23(2,3)27(25,26)17-19-14-12-18(13-15-19)8-4-5-9-20-16-24-22-11-7-6-10-21(20)22/h6-7,10-11,16,18-19,24H,4-5,8-9,12-15,17H2,1-3H3. The fourth-order valence-electron chi connectivity index (χ4n) is 4.33. The Morgan fingerprint density at radius 2 is 1.67 bits per heavy atom. The second kappa shape index (κ2) is 8.38. The van der Waals surface area contributed by atoms with Crippen LogP contribution in [0, 0.1) is 11.8 Å². The SMILES string of the molecule is CC(C)(C)S(=O)(=O)CC1CCC(CCCCc2c[nH]c3ccccc23)CC1. The average molecular weight is 390 g/mol. The maximum absolute atomic E-state index is 12.4. The molecular formula is C23H35NO2S. The van der Waals surface area contributed by atoms with Crippen LogP contribution in [-0.4, -0.2) is 23.9 Å². The summed E-state index contributed by atoms with van der Waals surface area (Å²) in [5.41, 5.74) is 2.66. The molecule has 0 bridgehead atoms. The predicted molar refractivity (Wildman–Crippen MR) is 115 cm³/mol. The summed E-state index contributed by atoms with van der Waals surface area (Å²) in [6, 6.07) is 8.52. The van der Waals surface area contributed by atoms with Gasteiger partial charge in [-0.2, -0.15) is 0 Å². The Morgan fingerprint density at radius 3 is 2.37 bits per heavy atom. The molecule has 1 fully saturated rings. The Hall–Kier alpha value is -1.29. The van der Waals surface area contributed by atoms with E-state index in [0.717, 1.165) is 25.2 Å². The van der Waals surface area contributed by atoms with Crippen LogP contribution in [0.2, 0.25) is 0 Å². The molecule has 0 atom stereocenters. The van der Waals surface area contributed by atoms with Crippen molar-refractivity contribution in [1.29, 1.82) is 0 Å². The Kier molecular flexibility index (Phi) is 6.35. The molecule has 0 aliphatic heterocycles. The molecule has 3 nitrogen and oxygen atoms in total. The molecular weight excluding hydrogens is 354 g/mol. The Labute approximate surface area is 164 Å². The maximum atomic E-state index is 12.4. The van der Waals surface area contributed by atoms with Gasteiger partial charge in [-0.3, -0.25) is 0 Å². The summed E-state index contributed by atoms with van der Waals surface area (Å²) in [5, 5.41) is 1.36. The monoisotopic (exact) mass is 389 g/mol. The molecule has 150 valence electrons. The number of H-pyrrole nitrogens is 1. The first-order valence-electron chi connectivity index (χ1n) is 10.5. The molecule has 1 saturated carbocycles. The van der Waals surface area contributed by atoms with E-state index < -0.39 is 14.6 Å². The van der Waals surface area contributed by atoms with Gasteiger partial charge in [-0.1, -0.05) is 43.9 Å². The minimum absolute atomic E-state index is 0.372. The topological polar surface area (TPSA) is 49.9 Å². The molecule has 0 radical (unpaired) electrons. The number of fused-ring (bicyclic) bond motifs is 1. The van der Waals surface area contributed by atoms with E-state index in [1.165, 1.54) is 48.6 Å². The number of aromatic amines is 1. The number of para-hydroxylation sites is 1. The minimum atomic E-state index is -2.98. The lowest BCUT2D eigenvalue weighted by Crippen LogP contribution is -2.34. The Balaban J connectivity index is 1.38. The highest BCUT2D eigenvalue weighted by atomic mass is 32.2. The largest absolute Gasteiger partial charge is 0.361 e. The van der Waals surface area contributed by atoms with Crippen molar-refractivity contribution in [3.8, 4) is 0 Å². The first-order chi connectivity index (χ1) is 12.8. The fraction of sp³-hybridized carbons (Fsp3) is 0.652. The van der Waals surface area contributed by atoms with E-state index in [1.807, 2.05) is 20.8 Å². The molecule has 1 aromatic carbocycles. The predicted octanol–water partition coefficient (Wildman–Crippen LogP) is 5.90. The highest BCUT2D eigenvalue weighted by Crippen LogP contribution is 2.34. The molecule has 1 aromatic heterocycles. The van der Waals surface area contributed by atoms with Crippen LogP contribution in [0.1, 0.15) is 71.3 Å². The van der Waals surface area contributed by atoms with E-state index in [1.54, 1.807) is 0 Å². The van der Waals surface area contributed by atoms with Gasteiger partial charge in [0.25, 0.3) is 0 Å². The number of aromatic nitrogens is 1. The van der Waals surface area contributed by atoms with Gasteiger partial charge in [0.2, 0.25) is 0 Å². The molecule has 1 N–H and O–H groups in total. The zero-order valence-corrected chi connectivity index (χ0v) is 17.9. The van der Waals surface area contributed by atoms with Crippen LogP contribution in [0.3, 0.4) is 0 Å². The lowest BCUT2D eigenvalue weighted by molar-refractivity contribution is 0.272. The quantitative estimate of drug-likeness (QED) is 0.599. The van der Waals surface area contributed by atoms with Gasteiger partial charge in [0, 0.05) is 17.1 Å². The molecule has 3 rings (SSSR count). The van der Waals surface area contributed by atoms with Gasteiger partial charge in [-0.15, -0.1) is 0 Å². The highest BCUT2D eigenvalue weighted by Gasteiger charge is 2.33. The number of rotatable bonds is 7. The number of nitrogens with one attached hydrogen (secondary N) is 1. The summed E-state index contributed by atoms with van der Waals surface area (Å²) in [7, 11) is -2.98. The zero-order valence-electron chi connectivity index (χ0n) is 17.1. The number of unbranched alkanes of at least 4 members (excludes halogenated alkanes) is 1. The second-order valence-electron chi connectivity index (χ2n) is 9.39. The van der Waals surface area contributed by atoms with Crippen LogP contribution < -0.4 is 0 Å². The van der Waals surface area contributed by atoms with E-state index in [9.17, 15) is 8.42 Å². The van der Waals surface area contributed by atoms with Crippen LogP contribution in [0.4, 0.5) is 0 Å². The summed E-state index contributed by atoms with van der Waals surface area (Å²) < 4.78 is 24.2. The van der Waals surface area contributed by atoms with Gasteiger partial charge in [0.1, 0.15) is 0 Å². The number of hydrogen-bond acceptors (Lipinski definition) is 2.